The van der Waals surface area contributed by atoms with Gasteiger partial charge in [-0.2, -0.15) is 0 Å². The summed E-state index contributed by atoms with van der Waals surface area (Å²) in [7, 11) is 0. The Hall–Kier alpha value is -2.80. The molecule has 0 unspecified atom stereocenters. The van der Waals surface area contributed by atoms with Crippen LogP contribution < -0.4 is 0 Å². The Kier molecular flexibility index (Phi) is 6.41. The number of nitrogens with zero attached hydrogens (tertiary/aromatic N) is 2. The molecule has 0 spiro atoms. The normalized spacial score (nSPS) is 10.7. The largest absolute Gasteiger partial charge is 0.460 e. The average Bonchev–Trinajstić information content (AvgIpc) is 2.59. The Balaban J connectivity index is 2.75. The molecule has 0 aliphatic heterocycles. The third kappa shape index (κ3) is 4.23. The summed E-state index contributed by atoms with van der Waals surface area (Å²) in [5.74, 6) is -1.26. The van der Waals surface area contributed by atoms with E-state index in [1.165, 1.54) is 0 Å². The maximum Gasteiger partial charge on any atom is 0.340 e. The summed E-state index contributed by atoms with van der Waals surface area (Å²) in [5.41, 5.74) is 1.93. The van der Waals surface area contributed by atoms with Crippen LogP contribution in [0.1, 0.15) is 46.0 Å². The van der Waals surface area contributed by atoms with Gasteiger partial charge in [0.25, 0.3) is 0 Å². The molecule has 0 aliphatic carbocycles. The van der Waals surface area contributed by atoms with Crippen molar-refractivity contribution in [3.05, 3.63) is 46.9 Å². The number of rotatable bonds is 6. The minimum atomic E-state index is -0.678. The molecule has 2 heterocycles. The Morgan fingerprint density at radius 2 is 1.77 bits per heavy atom. The van der Waals surface area contributed by atoms with Crippen LogP contribution in [0, 0.1) is 13.8 Å². The number of carbonyl (C=O) groups is 2. The fraction of sp³-hybridized carbons (Fsp3) is 0.368. The van der Waals surface area contributed by atoms with E-state index in [0.29, 0.717) is 22.6 Å². The van der Waals surface area contributed by atoms with Gasteiger partial charge in [-0.1, -0.05) is 6.07 Å². The first-order valence-corrected chi connectivity index (χ1v) is 8.28. The Bertz CT molecular complexity index is 803. The number of pyridine rings is 2. The molecule has 0 fully saturated rings. The quantitative estimate of drug-likeness (QED) is 0.792. The number of aliphatic hydroxyl groups excluding tert-OH is 1. The standard InChI is InChI=1S/C19H22N2O5/c1-11(2)26-19(24)16-13(4)21-12(3)15(18(23)25-10-9-22)17(16)14-7-5-6-8-20-14/h5-8,11,22H,9-10H2,1-4H3. The molecule has 0 saturated carbocycles. The Morgan fingerprint density at radius 3 is 2.31 bits per heavy atom. The van der Waals surface area contributed by atoms with E-state index in [0.717, 1.165) is 0 Å². The highest BCUT2D eigenvalue weighted by atomic mass is 16.5. The van der Waals surface area contributed by atoms with Gasteiger partial charge in [0.2, 0.25) is 0 Å². The Morgan fingerprint density at radius 1 is 1.12 bits per heavy atom. The van der Waals surface area contributed by atoms with Crippen molar-refractivity contribution in [3.8, 4) is 11.3 Å². The molecule has 1 N–H and O–H groups in total. The fourth-order valence-electron chi connectivity index (χ4n) is 2.60. The molecule has 2 aromatic heterocycles. The van der Waals surface area contributed by atoms with Crippen LogP contribution in [0.3, 0.4) is 0 Å². The van der Waals surface area contributed by atoms with Gasteiger partial charge in [-0.3, -0.25) is 9.97 Å². The first-order chi connectivity index (χ1) is 12.4. The molecule has 2 aromatic rings. The molecule has 0 bridgehead atoms. The van der Waals surface area contributed by atoms with Crippen molar-refractivity contribution in [1.29, 1.82) is 0 Å². The van der Waals surface area contributed by atoms with E-state index in [-0.39, 0.29) is 30.4 Å². The van der Waals surface area contributed by atoms with Crippen LogP contribution in [0.4, 0.5) is 0 Å². The van der Waals surface area contributed by atoms with Crippen LogP contribution in [-0.4, -0.2) is 46.3 Å². The van der Waals surface area contributed by atoms with Crippen molar-refractivity contribution in [1.82, 2.24) is 9.97 Å². The maximum atomic E-state index is 12.7. The molecule has 7 heteroatoms. The molecule has 0 aliphatic rings. The summed E-state index contributed by atoms with van der Waals surface area (Å²) in [6.07, 6.45) is 1.24. The molecule has 2 rings (SSSR count). The summed E-state index contributed by atoms with van der Waals surface area (Å²) >= 11 is 0. The maximum absolute atomic E-state index is 12.7. The minimum Gasteiger partial charge on any atom is -0.460 e. The van der Waals surface area contributed by atoms with E-state index in [1.54, 1.807) is 52.1 Å². The van der Waals surface area contributed by atoms with Crippen LogP contribution in [0.5, 0.6) is 0 Å². The highest BCUT2D eigenvalue weighted by Crippen LogP contribution is 2.31. The number of aromatic nitrogens is 2. The topological polar surface area (TPSA) is 98.6 Å². The predicted molar refractivity (Wildman–Crippen MR) is 94.9 cm³/mol. The number of hydrogen-bond acceptors (Lipinski definition) is 7. The third-order valence-electron chi connectivity index (χ3n) is 3.56. The molecule has 0 atom stereocenters. The second kappa shape index (κ2) is 8.53. The SMILES string of the molecule is Cc1nc(C)c(C(=O)OC(C)C)c(-c2ccccn2)c1C(=O)OCCO. The van der Waals surface area contributed by atoms with Crippen LogP contribution in [0.25, 0.3) is 11.3 Å². The van der Waals surface area contributed by atoms with E-state index < -0.39 is 11.9 Å². The monoisotopic (exact) mass is 358 g/mol. The van der Waals surface area contributed by atoms with Gasteiger partial charge in [0.05, 0.1) is 40.9 Å². The van der Waals surface area contributed by atoms with Crippen LogP contribution in [0.15, 0.2) is 24.4 Å². The number of esters is 2. The lowest BCUT2D eigenvalue weighted by Gasteiger charge is -2.18. The van der Waals surface area contributed by atoms with Crippen LogP contribution in [0.2, 0.25) is 0 Å². The van der Waals surface area contributed by atoms with Crippen LogP contribution in [-0.2, 0) is 9.47 Å². The summed E-state index contributed by atoms with van der Waals surface area (Å²) in [6, 6.07) is 5.19. The lowest BCUT2D eigenvalue weighted by Crippen LogP contribution is -2.20. The van der Waals surface area contributed by atoms with Gasteiger partial charge >= 0.3 is 11.9 Å². The molecular weight excluding hydrogens is 336 g/mol. The summed E-state index contributed by atoms with van der Waals surface area (Å²) in [6.45, 7) is 6.37. The molecular formula is C19H22N2O5. The second-order valence-electron chi connectivity index (χ2n) is 5.94. The van der Waals surface area contributed by atoms with Crippen LogP contribution >= 0.6 is 0 Å². The second-order valence-corrected chi connectivity index (χ2v) is 5.94. The number of carbonyl (C=O) groups excluding carboxylic acids is 2. The lowest BCUT2D eigenvalue weighted by atomic mass is 9.95. The average molecular weight is 358 g/mol. The highest BCUT2D eigenvalue weighted by Gasteiger charge is 2.28. The minimum absolute atomic E-state index is 0.137. The number of ether oxygens (including phenoxy) is 2. The lowest BCUT2D eigenvalue weighted by molar-refractivity contribution is 0.0377. The molecule has 0 amide bonds. The smallest absolute Gasteiger partial charge is 0.340 e. The first-order valence-electron chi connectivity index (χ1n) is 8.28. The van der Waals surface area contributed by atoms with Gasteiger partial charge < -0.3 is 14.6 Å². The zero-order valence-corrected chi connectivity index (χ0v) is 15.3. The summed E-state index contributed by atoms with van der Waals surface area (Å²) < 4.78 is 10.4. The van der Waals surface area contributed by atoms with Gasteiger partial charge in [-0.15, -0.1) is 0 Å². The van der Waals surface area contributed by atoms with E-state index in [1.807, 2.05) is 0 Å². The predicted octanol–water partition coefficient (Wildman–Crippen LogP) is 2.47. The zero-order chi connectivity index (χ0) is 19.3. The Labute approximate surface area is 152 Å². The van der Waals surface area contributed by atoms with E-state index >= 15 is 0 Å². The van der Waals surface area contributed by atoms with E-state index in [2.05, 4.69) is 9.97 Å². The summed E-state index contributed by atoms with van der Waals surface area (Å²) in [5, 5.41) is 8.92. The third-order valence-corrected chi connectivity index (χ3v) is 3.56. The molecule has 26 heavy (non-hydrogen) atoms. The molecule has 0 aromatic carbocycles. The molecule has 7 nitrogen and oxygen atoms in total. The van der Waals surface area contributed by atoms with Gasteiger partial charge in [0, 0.05) is 11.8 Å². The van der Waals surface area contributed by atoms with Crippen molar-refractivity contribution in [2.45, 2.75) is 33.8 Å². The van der Waals surface area contributed by atoms with Gasteiger partial charge in [-0.25, -0.2) is 9.59 Å². The van der Waals surface area contributed by atoms with Crippen molar-refractivity contribution in [2.24, 2.45) is 0 Å². The fourth-order valence-corrected chi connectivity index (χ4v) is 2.60. The van der Waals surface area contributed by atoms with Crippen molar-refractivity contribution in [3.63, 3.8) is 0 Å². The number of aliphatic hydroxyl groups is 1. The van der Waals surface area contributed by atoms with Gasteiger partial charge in [0.1, 0.15) is 6.61 Å². The molecule has 0 saturated heterocycles. The van der Waals surface area contributed by atoms with Crippen molar-refractivity contribution < 1.29 is 24.2 Å². The number of hydrogen-bond donors (Lipinski definition) is 1. The number of aryl methyl sites for hydroxylation is 2. The molecule has 0 radical (unpaired) electrons. The highest BCUT2D eigenvalue weighted by molar-refractivity contribution is 6.06. The van der Waals surface area contributed by atoms with E-state index in [9.17, 15) is 9.59 Å². The first kappa shape index (κ1) is 19.5. The van der Waals surface area contributed by atoms with Crippen molar-refractivity contribution >= 4 is 11.9 Å². The van der Waals surface area contributed by atoms with Crippen molar-refractivity contribution in [2.75, 3.05) is 13.2 Å². The van der Waals surface area contributed by atoms with E-state index in [4.69, 9.17) is 14.6 Å². The van der Waals surface area contributed by atoms with Gasteiger partial charge in [-0.05, 0) is 39.8 Å². The summed E-state index contributed by atoms with van der Waals surface area (Å²) in [4.78, 5) is 33.9. The molecule has 138 valence electrons. The zero-order valence-electron chi connectivity index (χ0n) is 15.3. The van der Waals surface area contributed by atoms with Gasteiger partial charge in [0.15, 0.2) is 0 Å².